The number of benzene rings is 4. The van der Waals surface area contributed by atoms with E-state index in [1.165, 1.54) is 0 Å². The van der Waals surface area contributed by atoms with Gasteiger partial charge in [0.2, 0.25) is 0 Å². The Hall–Kier alpha value is -3.92. The van der Waals surface area contributed by atoms with Crippen LogP contribution in [0.4, 0.5) is 0 Å². The molecule has 0 bridgehead atoms. The number of hydrogen-bond acceptors (Lipinski definition) is 2. The minimum absolute atomic E-state index is 0.267. The molecule has 0 saturated heterocycles. The monoisotopic (exact) mass is 363 g/mol. The Balaban J connectivity index is 1.50. The van der Waals surface area contributed by atoms with Crippen LogP contribution in [0.15, 0.2) is 90.0 Å². The van der Waals surface area contributed by atoms with Gasteiger partial charge in [0.25, 0.3) is 5.91 Å². The molecule has 2 N–H and O–H groups in total. The van der Waals surface area contributed by atoms with Crippen LogP contribution in [0.3, 0.4) is 0 Å². The van der Waals surface area contributed by atoms with E-state index < -0.39 is 0 Å². The largest absolute Gasteiger partial charge is 0.350 e. The first-order valence-corrected chi connectivity index (χ1v) is 9.11. The van der Waals surface area contributed by atoms with Gasteiger partial charge in [0, 0.05) is 16.5 Å². The van der Waals surface area contributed by atoms with Gasteiger partial charge in [-0.05, 0) is 39.7 Å². The maximum absolute atomic E-state index is 12.5. The number of carbonyl (C=O) groups excluding carboxylic acids is 1. The summed E-state index contributed by atoms with van der Waals surface area (Å²) >= 11 is 0. The van der Waals surface area contributed by atoms with Gasteiger partial charge in [-0.2, -0.15) is 5.10 Å². The zero-order chi connectivity index (χ0) is 18.9. The molecule has 0 radical (unpaired) electrons. The van der Waals surface area contributed by atoms with Crippen LogP contribution < -0.4 is 5.43 Å². The fraction of sp³-hybridized carbons (Fsp3) is 0. The van der Waals surface area contributed by atoms with Crippen molar-refractivity contribution in [3.63, 3.8) is 0 Å². The minimum Gasteiger partial charge on any atom is -0.350 e. The molecule has 0 fully saturated rings. The molecule has 28 heavy (non-hydrogen) atoms. The molecular formula is C24H17N3O. The molecule has 1 heterocycles. The molecule has 0 aliphatic heterocycles. The van der Waals surface area contributed by atoms with Gasteiger partial charge >= 0.3 is 0 Å². The van der Waals surface area contributed by atoms with Gasteiger partial charge in [-0.15, -0.1) is 0 Å². The quantitative estimate of drug-likeness (QED) is 0.257. The summed E-state index contributed by atoms with van der Waals surface area (Å²) in [6, 6.07) is 28.2. The van der Waals surface area contributed by atoms with Crippen molar-refractivity contribution in [2.45, 2.75) is 0 Å². The lowest BCUT2D eigenvalue weighted by Gasteiger charge is -2.07. The third-order valence-electron chi connectivity index (χ3n) is 4.95. The van der Waals surface area contributed by atoms with Crippen LogP contribution in [0, 0.1) is 0 Å². The third kappa shape index (κ3) is 2.81. The second kappa shape index (κ2) is 6.67. The summed E-state index contributed by atoms with van der Waals surface area (Å²) in [6.45, 7) is 0. The smallest absolute Gasteiger partial charge is 0.287 e. The molecule has 5 aromatic rings. The number of hydrogen-bond donors (Lipinski definition) is 2. The lowest BCUT2D eigenvalue weighted by molar-refractivity contribution is 0.0951. The topological polar surface area (TPSA) is 57.2 Å². The number of nitrogens with one attached hydrogen (secondary N) is 2. The number of carbonyl (C=O) groups is 1. The summed E-state index contributed by atoms with van der Waals surface area (Å²) in [5.74, 6) is -0.267. The van der Waals surface area contributed by atoms with Gasteiger partial charge in [0.05, 0.1) is 6.21 Å². The number of H-pyrrole nitrogens is 1. The van der Waals surface area contributed by atoms with E-state index in [0.29, 0.717) is 5.69 Å². The van der Waals surface area contributed by atoms with Crippen molar-refractivity contribution in [1.82, 2.24) is 10.4 Å². The fourth-order valence-electron chi connectivity index (χ4n) is 3.60. The Morgan fingerprint density at radius 3 is 2.07 bits per heavy atom. The Kier molecular flexibility index (Phi) is 3.87. The van der Waals surface area contributed by atoms with E-state index in [9.17, 15) is 4.79 Å². The molecule has 1 aromatic heterocycles. The first-order valence-electron chi connectivity index (χ1n) is 9.11. The molecule has 0 unspecified atom stereocenters. The number of fused-ring (bicyclic) bond motifs is 3. The van der Waals surface area contributed by atoms with Crippen molar-refractivity contribution in [1.29, 1.82) is 0 Å². The number of hydrazone groups is 1. The Morgan fingerprint density at radius 1 is 0.786 bits per heavy atom. The van der Waals surface area contributed by atoms with Crippen LogP contribution in [-0.2, 0) is 0 Å². The van der Waals surface area contributed by atoms with Crippen LogP contribution in [0.5, 0.6) is 0 Å². The Morgan fingerprint density at radius 2 is 1.39 bits per heavy atom. The molecule has 4 aromatic carbocycles. The summed E-state index contributed by atoms with van der Waals surface area (Å²) in [4.78, 5) is 15.6. The predicted octanol–water partition coefficient (Wildman–Crippen LogP) is 5.24. The Bertz CT molecular complexity index is 1280. The van der Waals surface area contributed by atoms with Crippen LogP contribution in [0.25, 0.3) is 32.4 Å². The van der Waals surface area contributed by atoms with Crippen molar-refractivity contribution in [3.8, 4) is 0 Å². The van der Waals surface area contributed by atoms with Crippen LogP contribution in [0.2, 0.25) is 0 Å². The molecule has 0 atom stereocenters. The van der Waals surface area contributed by atoms with Gasteiger partial charge in [-0.3, -0.25) is 4.79 Å². The molecule has 4 heteroatoms. The van der Waals surface area contributed by atoms with E-state index in [1.807, 2.05) is 54.6 Å². The maximum Gasteiger partial charge on any atom is 0.287 e. The number of amides is 1. The average Bonchev–Trinajstić information content (AvgIpc) is 3.17. The van der Waals surface area contributed by atoms with E-state index in [2.05, 4.69) is 45.8 Å². The highest BCUT2D eigenvalue weighted by atomic mass is 16.2. The van der Waals surface area contributed by atoms with Gasteiger partial charge in [-0.25, -0.2) is 5.43 Å². The van der Waals surface area contributed by atoms with Gasteiger partial charge in [0.15, 0.2) is 0 Å². The molecule has 0 aliphatic carbocycles. The number of aromatic nitrogens is 1. The number of rotatable bonds is 3. The molecule has 0 aliphatic rings. The first-order chi connectivity index (χ1) is 13.8. The molecular weight excluding hydrogens is 346 g/mol. The molecule has 4 nitrogen and oxygen atoms in total. The van der Waals surface area contributed by atoms with Gasteiger partial charge in [0.1, 0.15) is 5.69 Å². The molecule has 5 rings (SSSR count). The molecule has 0 spiro atoms. The highest BCUT2D eigenvalue weighted by molar-refractivity contribution is 6.13. The SMILES string of the molecule is O=C(NN=Cc1c2ccccc2cc2ccccc12)c1cc2ccccc2[nH]1. The molecule has 1 amide bonds. The van der Waals surface area contributed by atoms with Crippen LogP contribution in [0.1, 0.15) is 16.1 Å². The standard InChI is InChI=1S/C24H17N3O/c28-24(23-14-18-9-3-6-12-22(18)26-23)27-25-15-21-19-10-4-1-7-16(19)13-17-8-2-5-11-20(17)21/h1-15,26H,(H,27,28). The van der Waals surface area contributed by atoms with Gasteiger partial charge < -0.3 is 4.98 Å². The van der Waals surface area contributed by atoms with Crippen LogP contribution in [-0.4, -0.2) is 17.1 Å². The number of para-hydroxylation sites is 1. The zero-order valence-electron chi connectivity index (χ0n) is 15.0. The number of nitrogens with zero attached hydrogens (tertiary/aromatic N) is 1. The zero-order valence-corrected chi connectivity index (χ0v) is 15.0. The highest BCUT2D eigenvalue weighted by Gasteiger charge is 2.09. The average molecular weight is 363 g/mol. The van der Waals surface area contributed by atoms with Gasteiger partial charge in [-0.1, -0.05) is 66.7 Å². The van der Waals surface area contributed by atoms with E-state index >= 15 is 0 Å². The highest BCUT2D eigenvalue weighted by Crippen LogP contribution is 2.27. The predicted molar refractivity (Wildman–Crippen MR) is 115 cm³/mol. The molecule has 0 saturated carbocycles. The van der Waals surface area contributed by atoms with E-state index in [0.717, 1.165) is 38.0 Å². The minimum atomic E-state index is -0.267. The summed E-state index contributed by atoms with van der Waals surface area (Å²) < 4.78 is 0. The number of aromatic amines is 1. The maximum atomic E-state index is 12.5. The summed E-state index contributed by atoms with van der Waals surface area (Å²) in [6.07, 6.45) is 1.73. The van der Waals surface area contributed by atoms with E-state index in [4.69, 9.17) is 0 Å². The third-order valence-corrected chi connectivity index (χ3v) is 4.95. The lowest BCUT2D eigenvalue weighted by atomic mass is 9.97. The van der Waals surface area contributed by atoms with Crippen molar-refractivity contribution >= 4 is 44.6 Å². The Labute approximate surface area is 161 Å². The summed E-state index contributed by atoms with van der Waals surface area (Å²) in [5.41, 5.74) is 5.04. The molecule has 134 valence electrons. The van der Waals surface area contributed by atoms with E-state index in [-0.39, 0.29) is 5.91 Å². The summed E-state index contributed by atoms with van der Waals surface area (Å²) in [5, 5.41) is 9.73. The van der Waals surface area contributed by atoms with Crippen molar-refractivity contribution in [2.75, 3.05) is 0 Å². The van der Waals surface area contributed by atoms with Crippen LogP contribution >= 0.6 is 0 Å². The fourth-order valence-corrected chi connectivity index (χ4v) is 3.60. The van der Waals surface area contributed by atoms with Crippen molar-refractivity contribution < 1.29 is 4.79 Å². The van der Waals surface area contributed by atoms with Crippen molar-refractivity contribution in [3.05, 3.63) is 96.2 Å². The first kappa shape index (κ1) is 16.3. The summed E-state index contributed by atoms with van der Waals surface area (Å²) in [7, 11) is 0. The normalized spacial score (nSPS) is 11.6. The van der Waals surface area contributed by atoms with Crippen molar-refractivity contribution in [2.24, 2.45) is 5.10 Å². The van der Waals surface area contributed by atoms with E-state index in [1.54, 1.807) is 6.21 Å². The second-order valence-electron chi connectivity index (χ2n) is 6.70. The second-order valence-corrected chi connectivity index (χ2v) is 6.70. The lowest BCUT2D eigenvalue weighted by Crippen LogP contribution is -2.17.